The molecule has 2 rings (SSSR count). The molecule has 74 valence electrons. The number of fused-ring (bicyclic) bond motifs is 1. The number of non-ortho nitro benzene ring substituents is 1. The molecule has 1 aromatic carbocycles. The maximum atomic E-state index is 10.5. The Morgan fingerprint density at radius 2 is 2.43 bits per heavy atom. The average Bonchev–Trinajstić information content (AvgIpc) is 2.59. The molecule has 0 fully saturated rings. The van der Waals surface area contributed by atoms with E-state index in [1.54, 1.807) is 23.9 Å². The summed E-state index contributed by atoms with van der Waals surface area (Å²) in [5, 5.41) is 10.5. The molecule has 0 bridgehead atoms. The molecule has 0 atom stereocenters. The topological polar surface area (TPSA) is 46.4 Å². The predicted molar refractivity (Wildman–Crippen MR) is 56.8 cm³/mol. The minimum atomic E-state index is -0.352. The SMILES string of the molecule is CCN1CSc2cc([N+](=O)[O-])ccc21. The highest BCUT2D eigenvalue weighted by atomic mass is 32.2. The second kappa shape index (κ2) is 3.49. The van der Waals surface area contributed by atoms with Crippen LogP contribution in [0.5, 0.6) is 0 Å². The Bertz CT molecular complexity index is 381. The van der Waals surface area contributed by atoms with Crippen LogP contribution in [0.2, 0.25) is 0 Å². The lowest BCUT2D eigenvalue weighted by Crippen LogP contribution is -2.17. The summed E-state index contributed by atoms with van der Waals surface area (Å²) in [4.78, 5) is 13.4. The molecule has 0 amide bonds. The summed E-state index contributed by atoms with van der Waals surface area (Å²) in [6.07, 6.45) is 0. The normalized spacial score (nSPS) is 14.2. The van der Waals surface area contributed by atoms with E-state index in [4.69, 9.17) is 0 Å². The van der Waals surface area contributed by atoms with Crippen molar-refractivity contribution in [2.75, 3.05) is 17.3 Å². The maximum Gasteiger partial charge on any atom is 0.270 e. The number of anilines is 1. The highest BCUT2D eigenvalue weighted by Crippen LogP contribution is 2.39. The Labute approximate surface area is 86.1 Å². The number of rotatable bonds is 2. The fraction of sp³-hybridized carbons (Fsp3) is 0.333. The molecular formula is C9H10N2O2S. The van der Waals surface area contributed by atoms with Crippen molar-refractivity contribution in [3.63, 3.8) is 0 Å². The Hall–Kier alpha value is -1.23. The van der Waals surface area contributed by atoms with E-state index >= 15 is 0 Å². The van der Waals surface area contributed by atoms with E-state index in [9.17, 15) is 10.1 Å². The molecule has 0 saturated carbocycles. The first kappa shape index (κ1) is 9.33. The lowest BCUT2D eigenvalue weighted by molar-refractivity contribution is -0.385. The molecule has 0 aromatic heterocycles. The summed E-state index contributed by atoms with van der Waals surface area (Å²) >= 11 is 1.65. The van der Waals surface area contributed by atoms with E-state index in [0.717, 1.165) is 23.0 Å². The van der Waals surface area contributed by atoms with Gasteiger partial charge in [-0.1, -0.05) is 0 Å². The monoisotopic (exact) mass is 210 g/mol. The van der Waals surface area contributed by atoms with Gasteiger partial charge in [-0.3, -0.25) is 10.1 Å². The van der Waals surface area contributed by atoms with Crippen molar-refractivity contribution < 1.29 is 4.92 Å². The number of hydrogen-bond donors (Lipinski definition) is 0. The summed E-state index contributed by atoms with van der Waals surface area (Å²) in [5.41, 5.74) is 1.29. The Balaban J connectivity index is 2.39. The highest BCUT2D eigenvalue weighted by molar-refractivity contribution is 7.99. The van der Waals surface area contributed by atoms with E-state index in [-0.39, 0.29) is 10.6 Å². The van der Waals surface area contributed by atoms with E-state index in [0.29, 0.717) is 0 Å². The van der Waals surface area contributed by atoms with Gasteiger partial charge in [-0.05, 0) is 13.0 Å². The van der Waals surface area contributed by atoms with Gasteiger partial charge in [0.1, 0.15) is 0 Å². The van der Waals surface area contributed by atoms with Gasteiger partial charge < -0.3 is 4.90 Å². The van der Waals surface area contributed by atoms with Crippen LogP contribution in [-0.2, 0) is 0 Å². The van der Waals surface area contributed by atoms with Crippen molar-refractivity contribution in [2.45, 2.75) is 11.8 Å². The molecule has 1 aliphatic rings. The van der Waals surface area contributed by atoms with Crippen LogP contribution in [0.4, 0.5) is 11.4 Å². The average molecular weight is 210 g/mol. The van der Waals surface area contributed by atoms with Crippen molar-refractivity contribution in [3.05, 3.63) is 28.3 Å². The predicted octanol–water partition coefficient (Wildman–Crippen LogP) is 2.48. The second-order valence-corrected chi connectivity index (χ2v) is 4.03. The van der Waals surface area contributed by atoms with Crippen LogP contribution in [0.3, 0.4) is 0 Å². The molecule has 0 saturated heterocycles. The molecule has 1 aromatic rings. The first-order valence-corrected chi connectivity index (χ1v) is 5.37. The number of thioether (sulfide) groups is 1. The molecule has 0 unspecified atom stereocenters. The molecule has 4 nitrogen and oxygen atoms in total. The van der Waals surface area contributed by atoms with Crippen LogP contribution in [0.25, 0.3) is 0 Å². The van der Waals surface area contributed by atoms with Gasteiger partial charge in [0.15, 0.2) is 0 Å². The zero-order valence-corrected chi connectivity index (χ0v) is 8.58. The number of nitrogens with zero attached hydrogens (tertiary/aromatic N) is 2. The molecule has 1 aliphatic heterocycles. The van der Waals surface area contributed by atoms with Gasteiger partial charge in [0.2, 0.25) is 0 Å². The van der Waals surface area contributed by atoms with Crippen molar-refractivity contribution >= 4 is 23.1 Å². The van der Waals surface area contributed by atoms with Crippen molar-refractivity contribution in [1.29, 1.82) is 0 Å². The standard InChI is InChI=1S/C9H10N2O2S/c1-2-10-6-14-9-5-7(11(12)13)3-4-8(9)10/h3-5H,2,6H2,1H3. The molecule has 5 heteroatoms. The fourth-order valence-corrected chi connectivity index (χ4v) is 2.64. The molecule has 0 aliphatic carbocycles. The molecule has 0 spiro atoms. The van der Waals surface area contributed by atoms with Crippen LogP contribution < -0.4 is 4.90 Å². The third-order valence-corrected chi connectivity index (χ3v) is 3.33. The molecule has 14 heavy (non-hydrogen) atoms. The van der Waals surface area contributed by atoms with E-state index in [1.807, 2.05) is 6.07 Å². The van der Waals surface area contributed by atoms with Crippen LogP contribution in [-0.4, -0.2) is 17.3 Å². The van der Waals surface area contributed by atoms with Crippen LogP contribution >= 0.6 is 11.8 Å². The van der Waals surface area contributed by atoms with E-state index in [2.05, 4.69) is 11.8 Å². The van der Waals surface area contributed by atoms with Crippen LogP contribution in [0.15, 0.2) is 23.1 Å². The van der Waals surface area contributed by atoms with Gasteiger partial charge in [-0.2, -0.15) is 0 Å². The number of nitro groups is 1. The van der Waals surface area contributed by atoms with Gasteiger partial charge in [0, 0.05) is 23.6 Å². The minimum absolute atomic E-state index is 0.175. The number of hydrogen-bond acceptors (Lipinski definition) is 4. The summed E-state index contributed by atoms with van der Waals surface area (Å²) in [6, 6.07) is 5.04. The summed E-state index contributed by atoms with van der Waals surface area (Å²) in [5.74, 6) is 0.896. The Morgan fingerprint density at radius 1 is 1.64 bits per heavy atom. The molecule has 0 N–H and O–H groups in total. The van der Waals surface area contributed by atoms with Crippen molar-refractivity contribution in [2.24, 2.45) is 0 Å². The van der Waals surface area contributed by atoms with Crippen LogP contribution in [0, 0.1) is 10.1 Å². The molecule has 0 radical (unpaired) electrons. The van der Waals surface area contributed by atoms with Gasteiger partial charge in [-0.15, -0.1) is 11.8 Å². The van der Waals surface area contributed by atoms with Gasteiger partial charge in [-0.25, -0.2) is 0 Å². The van der Waals surface area contributed by atoms with E-state index in [1.165, 1.54) is 0 Å². The first-order chi connectivity index (χ1) is 6.72. The minimum Gasteiger partial charge on any atom is -0.361 e. The van der Waals surface area contributed by atoms with Crippen LogP contribution in [0.1, 0.15) is 6.92 Å². The lowest BCUT2D eigenvalue weighted by Gasteiger charge is -2.14. The lowest BCUT2D eigenvalue weighted by atomic mass is 10.2. The van der Waals surface area contributed by atoms with Crippen molar-refractivity contribution in [1.82, 2.24) is 0 Å². The Morgan fingerprint density at radius 3 is 3.07 bits per heavy atom. The number of benzene rings is 1. The molecular weight excluding hydrogens is 200 g/mol. The van der Waals surface area contributed by atoms with Gasteiger partial charge >= 0.3 is 0 Å². The third-order valence-electron chi connectivity index (χ3n) is 2.25. The van der Waals surface area contributed by atoms with Gasteiger partial charge in [0.05, 0.1) is 16.5 Å². The van der Waals surface area contributed by atoms with E-state index < -0.39 is 0 Å². The highest BCUT2D eigenvalue weighted by Gasteiger charge is 2.20. The quantitative estimate of drug-likeness (QED) is 0.555. The first-order valence-electron chi connectivity index (χ1n) is 4.38. The summed E-state index contributed by atoms with van der Waals surface area (Å²) in [6.45, 7) is 3.02. The largest absolute Gasteiger partial charge is 0.361 e. The third kappa shape index (κ3) is 1.43. The molecule has 1 heterocycles. The zero-order valence-electron chi connectivity index (χ0n) is 7.77. The van der Waals surface area contributed by atoms with Gasteiger partial charge in [0.25, 0.3) is 5.69 Å². The maximum absolute atomic E-state index is 10.5. The zero-order chi connectivity index (χ0) is 10.1. The second-order valence-electron chi connectivity index (χ2n) is 3.04. The fourth-order valence-electron chi connectivity index (χ4n) is 1.47. The number of nitro benzene ring substituents is 1. The summed E-state index contributed by atoms with van der Waals surface area (Å²) in [7, 11) is 0. The summed E-state index contributed by atoms with van der Waals surface area (Å²) < 4.78 is 0. The van der Waals surface area contributed by atoms with Crippen molar-refractivity contribution in [3.8, 4) is 0 Å². The Kier molecular flexibility index (Phi) is 2.33. The smallest absolute Gasteiger partial charge is 0.270 e.